The molecule has 0 radical (unpaired) electrons. The van der Waals surface area contributed by atoms with Gasteiger partial charge in [0.1, 0.15) is 16.1 Å². The predicted octanol–water partition coefficient (Wildman–Crippen LogP) is 0.567. The zero-order chi connectivity index (χ0) is 17.4. The van der Waals surface area contributed by atoms with Crippen molar-refractivity contribution in [1.29, 1.82) is 0 Å². The van der Waals surface area contributed by atoms with Crippen LogP contribution in [0.2, 0.25) is 0 Å². The second-order valence-electron chi connectivity index (χ2n) is 5.41. The molecule has 0 unspecified atom stereocenters. The molecule has 2 aliphatic rings. The molecule has 24 heavy (non-hydrogen) atoms. The number of thioether (sulfide) groups is 2. The number of amides is 1. The van der Waals surface area contributed by atoms with Gasteiger partial charge in [-0.3, -0.25) is 9.69 Å². The molecule has 1 amide bonds. The SMILES string of the molecule is CCc1nnn(CC)c1SCC1=C(C(=O)O)N2C(=O)[C@@H](O)[C@@H]2SC1. The van der Waals surface area contributed by atoms with Gasteiger partial charge >= 0.3 is 5.97 Å². The molecule has 2 aliphatic heterocycles. The van der Waals surface area contributed by atoms with E-state index < -0.39 is 23.4 Å². The topological polar surface area (TPSA) is 109 Å². The number of β-lactam (4-membered cyclic amide) rings is 1. The van der Waals surface area contributed by atoms with Crippen LogP contribution in [0.3, 0.4) is 0 Å². The van der Waals surface area contributed by atoms with E-state index in [1.54, 1.807) is 4.68 Å². The first-order valence-electron chi connectivity index (χ1n) is 7.62. The van der Waals surface area contributed by atoms with Crippen LogP contribution in [0.15, 0.2) is 16.3 Å². The first kappa shape index (κ1) is 17.3. The van der Waals surface area contributed by atoms with Gasteiger partial charge in [0.25, 0.3) is 5.91 Å². The van der Waals surface area contributed by atoms with E-state index in [4.69, 9.17) is 0 Å². The Balaban J connectivity index is 1.84. The Hall–Kier alpha value is -1.52. The standard InChI is InChI=1S/C14H18N4O4S2/c1-3-8-12(17(4-2)16-15-8)23-5-7-6-24-13-10(19)11(20)18(13)9(7)14(21)22/h10,13,19H,3-6H2,1-2H3,(H,21,22)/t10-,13+/m1/s1. The molecule has 8 nitrogen and oxygen atoms in total. The van der Waals surface area contributed by atoms with Crippen LogP contribution in [0.4, 0.5) is 0 Å². The Morgan fingerprint density at radius 2 is 2.21 bits per heavy atom. The van der Waals surface area contributed by atoms with E-state index >= 15 is 0 Å². The van der Waals surface area contributed by atoms with Crippen LogP contribution in [-0.4, -0.2) is 65.0 Å². The quantitative estimate of drug-likeness (QED) is 0.553. The van der Waals surface area contributed by atoms with Gasteiger partial charge in [-0.25, -0.2) is 9.48 Å². The van der Waals surface area contributed by atoms with Crippen molar-refractivity contribution in [2.75, 3.05) is 11.5 Å². The average molecular weight is 370 g/mol. The minimum absolute atomic E-state index is 0.00937. The molecule has 2 N–H and O–H groups in total. The molecule has 1 saturated heterocycles. The summed E-state index contributed by atoms with van der Waals surface area (Å²) in [7, 11) is 0. The smallest absolute Gasteiger partial charge is 0.352 e. The molecule has 0 aromatic carbocycles. The Kier molecular flexibility index (Phi) is 4.88. The zero-order valence-electron chi connectivity index (χ0n) is 13.3. The third kappa shape index (κ3) is 2.72. The van der Waals surface area contributed by atoms with Crippen molar-refractivity contribution in [2.24, 2.45) is 0 Å². The number of carbonyl (C=O) groups excluding carboxylic acids is 1. The molecular weight excluding hydrogens is 352 g/mol. The summed E-state index contributed by atoms with van der Waals surface area (Å²) in [5, 5.41) is 27.9. The van der Waals surface area contributed by atoms with Crippen molar-refractivity contribution in [3.63, 3.8) is 0 Å². The normalized spacial score (nSPS) is 23.3. The molecule has 0 spiro atoms. The maximum atomic E-state index is 11.8. The molecule has 0 aliphatic carbocycles. The number of rotatable bonds is 6. The lowest BCUT2D eigenvalue weighted by Gasteiger charge is -2.47. The number of nitrogens with zero attached hydrogens (tertiary/aromatic N) is 4. The third-order valence-corrected chi connectivity index (χ3v) is 6.53. The maximum absolute atomic E-state index is 11.8. The van der Waals surface area contributed by atoms with Gasteiger partial charge in [-0.05, 0) is 18.9 Å². The van der Waals surface area contributed by atoms with E-state index in [2.05, 4.69) is 10.3 Å². The summed E-state index contributed by atoms with van der Waals surface area (Å²) in [5.41, 5.74) is 1.58. The van der Waals surface area contributed by atoms with Crippen LogP contribution in [0.1, 0.15) is 19.5 Å². The first-order valence-corrected chi connectivity index (χ1v) is 9.66. The Morgan fingerprint density at radius 3 is 2.83 bits per heavy atom. The van der Waals surface area contributed by atoms with Crippen LogP contribution in [-0.2, 0) is 22.6 Å². The van der Waals surface area contributed by atoms with Crippen LogP contribution in [0.5, 0.6) is 0 Å². The fourth-order valence-electron chi connectivity index (χ4n) is 2.72. The lowest BCUT2D eigenvalue weighted by molar-refractivity contribution is -0.159. The van der Waals surface area contributed by atoms with Gasteiger partial charge < -0.3 is 10.2 Å². The molecule has 3 rings (SSSR count). The number of aryl methyl sites for hydroxylation is 2. The molecule has 10 heteroatoms. The van der Waals surface area contributed by atoms with Crippen LogP contribution in [0.25, 0.3) is 0 Å². The molecule has 1 fully saturated rings. The number of aliphatic hydroxyl groups excluding tert-OH is 1. The number of aliphatic hydroxyl groups is 1. The number of hydrogen-bond donors (Lipinski definition) is 2. The number of carboxylic acid groups (broad SMARTS) is 1. The van der Waals surface area contributed by atoms with Crippen molar-refractivity contribution >= 4 is 35.4 Å². The number of hydrogen-bond acceptors (Lipinski definition) is 7. The predicted molar refractivity (Wildman–Crippen MR) is 89.6 cm³/mol. The monoisotopic (exact) mass is 370 g/mol. The molecular formula is C14H18N4O4S2. The highest BCUT2D eigenvalue weighted by Gasteiger charge is 2.52. The molecule has 0 saturated carbocycles. The molecule has 1 aromatic heterocycles. The second-order valence-corrected chi connectivity index (χ2v) is 7.48. The summed E-state index contributed by atoms with van der Waals surface area (Å²) in [4.78, 5) is 24.7. The lowest BCUT2D eigenvalue weighted by Crippen LogP contribution is -2.64. The van der Waals surface area contributed by atoms with E-state index in [1.807, 2.05) is 13.8 Å². The summed E-state index contributed by atoms with van der Waals surface area (Å²) in [6.45, 7) is 4.66. The summed E-state index contributed by atoms with van der Waals surface area (Å²) < 4.78 is 1.79. The van der Waals surface area contributed by atoms with E-state index in [9.17, 15) is 19.8 Å². The maximum Gasteiger partial charge on any atom is 0.352 e. The molecule has 1 aromatic rings. The van der Waals surface area contributed by atoms with E-state index in [0.717, 1.165) is 17.1 Å². The highest BCUT2D eigenvalue weighted by molar-refractivity contribution is 8.01. The number of aromatic nitrogens is 3. The third-order valence-electron chi connectivity index (χ3n) is 3.99. The number of carboxylic acids is 1. The number of aliphatic carboxylic acids is 1. The molecule has 130 valence electrons. The molecule has 0 bridgehead atoms. The van der Waals surface area contributed by atoms with Crippen molar-refractivity contribution in [1.82, 2.24) is 19.9 Å². The largest absolute Gasteiger partial charge is 0.477 e. The number of fused-ring (bicyclic) bond motifs is 1. The Morgan fingerprint density at radius 1 is 1.46 bits per heavy atom. The summed E-state index contributed by atoms with van der Waals surface area (Å²) >= 11 is 2.88. The lowest BCUT2D eigenvalue weighted by atomic mass is 10.1. The van der Waals surface area contributed by atoms with Crippen molar-refractivity contribution in [3.8, 4) is 0 Å². The van der Waals surface area contributed by atoms with Gasteiger partial charge in [-0.15, -0.1) is 28.6 Å². The van der Waals surface area contributed by atoms with Gasteiger partial charge in [0, 0.05) is 18.1 Å². The fourth-order valence-corrected chi connectivity index (χ4v) is 5.34. The molecule has 3 heterocycles. The van der Waals surface area contributed by atoms with Gasteiger partial charge in [0.2, 0.25) is 0 Å². The summed E-state index contributed by atoms with van der Waals surface area (Å²) in [6, 6.07) is 0. The van der Waals surface area contributed by atoms with Gasteiger partial charge in [-0.1, -0.05) is 12.1 Å². The Bertz CT molecular complexity index is 696. The minimum atomic E-state index is -1.13. The van der Waals surface area contributed by atoms with Crippen LogP contribution < -0.4 is 0 Å². The highest BCUT2D eigenvalue weighted by atomic mass is 32.2. The van der Waals surface area contributed by atoms with Crippen LogP contribution >= 0.6 is 23.5 Å². The molecule has 2 atom stereocenters. The first-order chi connectivity index (χ1) is 11.5. The van der Waals surface area contributed by atoms with E-state index in [-0.39, 0.29) is 5.70 Å². The number of carbonyl (C=O) groups is 2. The van der Waals surface area contributed by atoms with Gasteiger partial charge in [0.15, 0.2) is 6.10 Å². The van der Waals surface area contributed by atoms with E-state index in [1.165, 1.54) is 28.4 Å². The second kappa shape index (κ2) is 6.77. The summed E-state index contributed by atoms with van der Waals surface area (Å²) in [6.07, 6.45) is -0.350. The van der Waals surface area contributed by atoms with Crippen molar-refractivity contribution < 1.29 is 19.8 Å². The minimum Gasteiger partial charge on any atom is -0.477 e. The van der Waals surface area contributed by atoms with Gasteiger partial charge in [-0.2, -0.15) is 0 Å². The van der Waals surface area contributed by atoms with Crippen LogP contribution in [0, 0.1) is 0 Å². The highest BCUT2D eigenvalue weighted by Crippen LogP contribution is 2.41. The van der Waals surface area contributed by atoms with E-state index in [0.29, 0.717) is 23.6 Å². The fraction of sp³-hybridized carbons (Fsp3) is 0.571. The van der Waals surface area contributed by atoms with Crippen molar-refractivity contribution in [3.05, 3.63) is 17.0 Å². The zero-order valence-corrected chi connectivity index (χ0v) is 14.9. The Labute approximate surface area is 147 Å². The van der Waals surface area contributed by atoms with Crippen molar-refractivity contribution in [2.45, 2.75) is 43.3 Å². The average Bonchev–Trinajstić information content (AvgIpc) is 2.99. The summed E-state index contributed by atoms with van der Waals surface area (Å²) in [5.74, 6) is -0.743. The van der Waals surface area contributed by atoms with Gasteiger partial charge in [0.05, 0.1) is 5.69 Å².